The Balaban J connectivity index is 1.96. The van der Waals surface area contributed by atoms with Crippen molar-refractivity contribution in [2.75, 3.05) is 6.61 Å². The van der Waals surface area contributed by atoms with Gasteiger partial charge in [-0.2, -0.15) is 0 Å². The van der Waals surface area contributed by atoms with Crippen LogP contribution in [0.1, 0.15) is 13.3 Å². The second-order valence-corrected chi connectivity index (χ2v) is 4.33. The molecule has 1 aromatic heterocycles. The minimum Gasteiger partial charge on any atom is -0.394 e. The number of aliphatic hydroxyl groups excluding tert-OH is 1. The second-order valence-electron chi connectivity index (χ2n) is 4.33. The fourth-order valence-electron chi connectivity index (χ4n) is 1.80. The minimum absolute atomic E-state index is 0.0419. The third-order valence-corrected chi connectivity index (χ3v) is 2.79. The van der Waals surface area contributed by atoms with Crippen LogP contribution in [0.15, 0.2) is 30.6 Å². The fraction of sp³-hybridized carbons (Fsp3) is 0.385. The summed E-state index contributed by atoms with van der Waals surface area (Å²) in [6.07, 6.45) is 2.12. The number of hydrogen-bond acceptors (Lipinski definition) is 3. The van der Waals surface area contributed by atoms with Crippen molar-refractivity contribution in [1.82, 2.24) is 14.9 Å². The summed E-state index contributed by atoms with van der Waals surface area (Å²) in [5.74, 6) is -0.0608. The number of nitrogens with zero attached hydrogens (tertiary/aromatic N) is 2. The van der Waals surface area contributed by atoms with E-state index in [0.29, 0.717) is 13.0 Å². The summed E-state index contributed by atoms with van der Waals surface area (Å²) in [4.78, 5) is 15.9. The maximum atomic E-state index is 11.6. The van der Waals surface area contributed by atoms with Crippen molar-refractivity contribution in [3.05, 3.63) is 30.6 Å². The standard InChI is InChI=1S/C13H17N3O2/c1-10(8-17)15-13(18)6-7-16-9-14-11-4-2-3-5-12(11)16/h2-5,9-10,17H,6-8H2,1H3,(H,15,18)/t10-/m1/s1. The SMILES string of the molecule is C[C@H](CO)NC(=O)CCn1cnc2ccccc21. The zero-order valence-corrected chi connectivity index (χ0v) is 10.3. The lowest BCUT2D eigenvalue weighted by molar-refractivity contribution is -0.122. The van der Waals surface area contributed by atoms with E-state index in [1.165, 1.54) is 0 Å². The van der Waals surface area contributed by atoms with Crippen molar-refractivity contribution in [2.24, 2.45) is 0 Å². The number of amides is 1. The number of aliphatic hydroxyl groups is 1. The third-order valence-electron chi connectivity index (χ3n) is 2.79. The molecule has 2 aromatic rings. The van der Waals surface area contributed by atoms with E-state index in [9.17, 15) is 4.79 Å². The van der Waals surface area contributed by atoms with E-state index in [0.717, 1.165) is 11.0 Å². The molecule has 1 aromatic carbocycles. The molecule has 18 heavy (non-hydrogen) atoms. The number of benzene rings is 1. The van der Waals surface area contributed by atoms with Crippen LogP contribution in [0.5, 0.6) is 0 Å². The summed E-state index contributed by atoms with van der Waals surface area (Å²) in [7, 11) is 0. The molecule has 1 heterocycles. The van der Waals surface area contributed by atoms with E-state index in [-0.39, 0.29) is 18.6 Å². The average molecular weight is 247 g/mol. The summed E-state index contributed by atoms with van der Waals surface area (Å²) >= 11 is 0. The van der Waals surface area contributed by atoms with Gasteiger partial charge in [-0.3, -0.25) is 4.79 Å². The number of aryl methyl sites for hydroxylation is 1. The smallest absolute Gasteiger partial charge is 0.222 e. The first-order chi connectivity index (χ1) is 8.70. The van der Waals surface area contributed by atoms with Crippen molar-refractivity contribution in [1.29, 1.82) is 0 Å². The Hall–Kier alpha value is -1.88. The van der Waals surface area contributed by atoms with Gasteiger partial charge in [0.15, 0.2) is 0 Å². The summed E-state index contributed by atoms with van der Waals surface area (Å²) in [5.41, 5.74) is 1.96. The Morgan fingerprint density at radius 2 is 2.28 bits per heavy atom. The number of aromatic nitrogens is 2. The first-order valence-electron chi connectivity index (χ1n) is 6.01. The predicted octanol–water partition coefficient (Wildman–Crippen LogP) is 0.923. The van der Waals surface area contributed by atoms with Crippen LogP contribution >= 0.6 is 0 Å². The quantitative estimate of drug-likeness (QED) is 0.825. The molecule has 0 fully saturated rings. The molecule has 0 bridgehead atoms. The van der Waals surface area contributed by atoms with E-state index in [4.69, 9.17) is 5.11 Å². The molecular formula is C13H17N3O2. The number of carbonyl (C=O) groups is 1. The first-order valence-corrected chi connectivity index (χ1v) is 6.01. The van der Waals surface area contributed by atoms with E-state index < -0.39 is 0 Å². The summed E-state index contributed by atoms with van der Waals surface area (Å²) in [5, 5.41) is 11.6. The molecule has 0 saturated carbocycles. The molecule has 1 amide bonds. The zero-order valence-electron chi connectivity index (χ0n) is 10.3. The number of para-hydroxylation sites is 2. The van der Waals surface area contributed by atoms with Crippen molar-refractivity contribution in [3.63, 3.8) is 0 Å². The Morgan fingerprint density at radius 1 is 1.50 bits per heavy atom. The highest BCUT2D eigenvalue weighted by molar-refractivity contribution is 5.77. The fourth-order valence-corrected chi connectivity index (χ4v) is 1.80. The molecule has 0 saturated heterocycles. The van der Waals surface area contributed by atoms with Gasteiger partial charge >= 0.3 is 0 Å². The van der Waals surface area contributed by atoms with E-state index >= 15 is 0 Å². The van der Waals surface area contributed by atoms with Gasteiger partial charge in [0.1, 0.15) is 0 Å². The highest BCUT2D eigenvalue weighted by Crippen LogP contribution is 2.11. The van der Waals surface area contributed by atoms with Crippen molar-refractivity contribution >= 4 is 16.9 Å². The Kier molecular flexibility index (Phi) is 3.94. The number of hydrogen-bond donors (Lipinski definition) is 2. The van der Waals surface area contributed by atoms with Crippen LogP contribution in [0, 0.1) is 0 Å². The van der Waals surface area contributed by atoms with Gasteiger partial charge < -0.3 is 15.0 Å². The first kappa shape index (κ1) is 12.6. The maximum Gasteiger partial charge on any atom is 0.222 e. The van der Waals surface area contributed by atoms with Crippen LogP contribution < -0.4 is 5.32 Å². The molecule has 0 aliphatic rings. The lowest BCUT2D eigenvalue weighted by atomic mass is 10.3. The molecule has 2 rings (SSSR count). The largest absolute Gasteiger partial charge is 0.394 e. The Labute approximate surface area is 105 Å². The molecule has 96 valence electrons. The monoisotopic (exact) mass is 247 g/mol. The average Bonchev–Trinajstić information content (AvgIpc) is 2.79. The van der Waals surface area contributed by atoms with Gasteiger partial charge in [0.25, 0.3) is 0 Å². The summed E-state index contributed by atoms with van der Waals surface area (Å²) in [6, 6.07) is 7.62. The number of nitrogens with one attached hydrogen (secondary N) is 1. The third kappa shape index (κ3) is 2.87. The van der Waals surface area contributed by atoms with E-state index in [1.54, 1.807) is 13.3 Å². The van der Waals surface area contributed by atoms with Crippen LogP contribution in [0.2, 0.25) is 0 Å². The topological polar surface area (TPSA) is 67.2 Å². The van der Waals surface area contributed by atoms with Crippen LogP contribution in [-0.2, 0) is 11.3 Å². The van der Waals surface area contributed by atoms with Crippen molar-refractivity contribution in [3.8, 4) is 0 Å². The van der Waals surface area contributed by atoms with Crippen LogP contribution in [-0.4, -0.2) is 33.2 Å². The molecular weight excluding hydrogens is 230 g/mol. The van der Waals surface area contributed by atoms with Gasteiger partial charge in [-0.1, -0.05) is 12.1 Å². The lowest BCUT2D eigenvalue weighted by Crippen LogP contribution is -2.35. The van der Waals surface area contributed by atoms with Gasteiger partial charge in [-0.05, 0) is 19.1 Å². The summed E-state index contributed by atoms with van der Waals surface area (Å²) < 4.78 is 1.96. The molecule has 2 N–H and O–H groups in total. The number of imidazole rings is 1. The molecule has 0 radical (unpaired) electrons. The molecule has 5 nitrogen and oxygen atoms in total. The van der Waals surface area contributed by atoms with Gasteiger partial charge in [0, 0.05) is 19.0 Å². The molecule has 5 heteroatoms. The highest BCUT2D eigenvalue weighted by atomic mass is 16.3. The number of carbonyl (C=O) groups excluding carboxylic acids is 1. The van der Waals surface area contributed by atoms with E-state index in [1.807, 2.05) is 28.8 Å². The zero-order chi connectivity index (χ0) is 13.0. The maximum absolute atomic E-state index is 11.6. The normalized spacial score (nSPS) is 12.6. The predicted molar refractivity (Wildman–Crippen MR) is 69.0 cm³/mol. The Morgan fingerprint density at radius 3 is 3.06 bits per heavy atom. The number of rotatable bonds is 5. The second kappa shape index (κ2) is 5.64. The van der Waals surface area contributed by atoms with Crippen molar-refractivity contribution in [2.45, 2.75) is 25.9 Å². The molecule has 0 unspecified atom stereocenters. The van der Waals surface area contributed by atoms with Gasteiger partial charge in [0.2, 0.25) is 5.91 Å². The molecule has 0 aliphatic carbocycles. The van der Waals surface area contributed by atoms with Gasteiger partial charge in [-0.15, -0.1) is 0 Å². The highest BCUT2D eigenvalue weighted by Gasteiger charge is 2.07. The van der Waals surface area contributed by atoms with E-state index in [2.05, 4.69) is 10.3 Å². The molecule has 0 aliphatic heterocycles. The lowest BCUT2D eigenvalue weighted by Gasteiger charge is -2.11. The van der Waals surface area contributed by atoms with Gasteiger partial charge in [0.05, 0.1) is 24.0 Å². The van der Waals surface area contributed by atoms with Crippen LogP contribution in [0.25, 0.3) is 11.0 Å². The number of fused-ring (bicyclic) bond motifs is 1. The van der Waals surface area contributed by atoms with Crippen molar-refractivity contribution < 1.29 is 9.90 Å². The Bertz CT molecular complexity index is 536. The van der Waals surface area contributed by atoms with Crippen LogP contribution in [0.3, 0.4) is 0 Å². The minimum atomic E-state index is -0.197. The summed E-state index contributed by atoms with van der Waals surface area (Å²) in [6.45, 7) is 2.31. The molecule has 1 atom stereocenters. The van der Waals surface area contributed by atoms with Gasteiger partial charge in [-0.25, -0.2) is 4.98 Å². The van der Waals surface area contributed by atoms with Crippen LogP contribution in [0.4, 0.5) is 0 Å². The molecule has 0 spiro atoms.